The Morgan fingerprint density at radius 3 is 2.72 bits per heavy atom. The van der Waals surface area contributed by atoms with E-state index >= 15 is 0 Å². The van der Waals surface area contributed by atoms with Crippen LogP contribution in [-0.2, 0) is 4.79 Å². The van der Waals surface area contributed by atoms with Crippen molar-refractivity contribution < 1.29 is 9.21 Å². The average Bonchev–Trinajstić information content (AvgIpc) is 3.15. The standard InChI is InChI=1S/C18H15Cl2NO2S2/c1-3-10(2)21-17(22)16(25-18(21)24)9-12-5-7-15(23-12)11-4-6-13(19)14(20)8-11/h4-10H,3H2,1-2H3/b16-9-/t10-/m0/s1. The zero-order valence-electron chi connectivity index (χ0n) is 13.6. The maximum Gasteiger partial charge on any atom is 0.266 e. The van der Waals surface area contributed by atoms with Crippen molar-refractivity contribution in [3.05, 3.63) is 51.0 Å². The molecule has 1 aromatic heterocycles. The van der Waals surface area contributed by atoms with Crippen molar-refractivity contribution in [2.24, 2.45) is 0 Å². The summed E-state index contributed by atoms with van der Waals surface area (Å²) in [6, 6.07) is 9.03. The van der Waals surface area contributed by atoms with Crippen LogP contribution in [0.5, 0.6) is 0 Å². The third kappa shape index (κ3) is 3.80. The quantitative estimate of drug-likeness (QED) is 0.439. The highest BCUT2D eigenvalue weighted by atomic mass is 35.5. The Labute approximate surface area is 166 Å². The number of carbonyl (C=O) groups excluding carboxylic acids is 1. The minimum atomic E-state index is -0.0724. The Bertz CT molecular complexity index is 876. The van der Waals surface area contributed by atoms with E-state index in [-0.39, 0.29) is 11.9 Å². The second-order valence-corrected chi connectivity index (χ2v) is 8.13. The van der Waals surface area contributed by atoms with E-state index in [0.717, 1.165) is 12.0 Å². The first kappa shape index (κ1) is 18.5. The molecule has 1 fully saturated rings. The van der Waals surface area contributed by atoms with Gasteiger partial charge in [0.05, 0.1) is 15.0 Å². The number of amides is 1. The molecule has 0 aliphatic carbocycles. The van der Waals surface area contributed by atoms with E-state index in [0.29, 0.717) is 30.8 Å². The summed E-state index contributed by atoms with van der Waals surface area (Å²) < 4.78 is 6.41. The first-order valence-electron chi connectivity index (χ1n) is 7.73. The molecule has 0 bridgehead atoms. The van der Waals surface area contributed by atoms with Gasteiger partial charge in [-0.1, -0.05) is 54.1 Å². The Balaban J connectivity index is 1.86. The van der Waals surface area contributed by atoms with Crippen LogP contribution in [0.4, 0.5) is 0 Å². The molecule has 1 aliphatic rings. The lowest BCUT2D eigenvalue weighted by Crippen LogP contribution is -2.36. The summed E-state index contributed by atoms with van der Waals surface area (Å²) in [4.78, 5) is 14.8. The summed E-state index contributed by atoms with van der Waals surface area (Å²) in [5.41, 5.74) is 0.821. The lowest BCUT2D eigenvalue weighted by atomic mass is 10.2. The Hall–Kier alpha value is -1.27. The molecule has 1 saturated heterocycles. The summed E-state index contributed by atoms with van der Waals surface area (Å²) in [5.74, 6) is 1.17. The fourth-order valence-electron chi connectivity index (χ4n) is 2.41. The zero-order valence-corrected chi connectivity index (χ0v) is 16.7. The number of hydrogen-bond donors (Lipinski definition) is 0. The van der Waals surface area contributed by atoms with Crippen molar-refractivity contribution in [1.29, 1.82) is 0 Å². The average molecular weight is 412 g/mol. The zero-order chi connectivity index (χ0) is 18.1. The normalized spacial score (nSPS) is 17.6. The van der Waals surface area contributed by atoms with E-state index in [1.165, 1.54) is 11.8 Å². The molecule has 1 aromatic carbocycles. The third-order valence-electron chi connectivity index (χ3n) is 3.96. The summed E-state index contributed by atoms with van der Waals surface area (Å²) in [6.45, 7) is 4.02. The van der Waals surface area contributed by atoms with Crippen LogP contribution in [0.2, 0.25) is 10.0 Å². The van der Waals surface area contributed by atoms with Crippen molar-refractivity contribution in [2.75, 3.05) is 0 Å². The fraction of sp³-hybridized carbons (Fsp3) is 0.222. The van der Waals surface area contributed by atoms with Gasteiger partial charge in [-0.05, 0) is 43.7 Å². The maximum absolute atomic E-state index is 12.6. The van der Waals surface area contributed by atoms with Gasteiger partial charge < -0.3 is 4.42 Å². The predicted molar refractivity (Wildman–Crippen MR) is 109 cm³/mol. The predicted octanol–water partition coefficient (Wildman–Crippen LogP) is 6.25. The highest BCUT2D eigenvalue weighted by Crippen LogP contribution is 2.35. The number of thiocarbonyl (C=S) groups is 1. The second-order valence-electron chi connectivity index (χ2n) is 5.64. The Kier molecular flexibility index (Phi) is 5.58. The summed E-state index contributed by atoms with van der Waals surface area (Å²) in [5, 5.41) is 0.956. The molecule has 1 atom stereocenters. The minimum absolute atomic E-state index is 0.0724. The number of carbonyl (C=O) groups is 1. The van der Waals surface area contributed by atoms with Gasteiger partial charge in [-0.2, -0.15) is 0 Å². The molecule has 0 saturated carbocycles. The SMILES string of the molecule is CC[C@H](C)N1C(=O)/C(=C/c2ccc(-c3ccc(Cl)c(Cl)c3)o2)SC1=S. The van der Waals surface area contributed by atoms with Gasteiger partial charge in [-0.3, -0.25) is 9.69 Å². The van der Waals surface area contributed by atoms with Gasteiger partial charge in [0, 0.05) is 17.7 Å². The largest absolute Gasteiger partial charge is 0.457 e. The van der Waals surface area contributed by atoms with Gasteiger partial charge in [0.15, 0.2) is 0 Å². The van der Waals surface area contributed by atoms with Gasteiger partial charge in [0.25, 0.3) is 5.91 Å². The number of thioether (sulfide) groups is 1. The number of halogens is 2. The Morgan fingerprint density at radius 1 is 1.28 bits per heavy atom. The molecule has 3 nitrogen and oxygen atoms in total. The van der Waals surface area contributed by atoms with Crippen molar-refractivity contribution in [3.8, 4) is 11.3 Å². The molecular weight excluding hydrogens is 397 g/mol. The van der Waals surface area contributed by atoms with Crippen LogP contribution in [0.15, 0.2) is 39.7 Å². The molecule has 1 amide bonds. The van der Waals surface area contributed by atoms with E-state index in [4.69, 9.17) is 39.8 Å². The van der Waals surface area contributed by atoms with Crippen molar-refractivity contribution in [3.63, 3.8) is 0 Å². The molecule has 3 rings (SSSR count). The van der Waals surface area contributed by atoms with E-state index < -0.39 is 0 Å². The first-order valence-corrected chi connectivity index (χ1v) is 9.71. The number of hydrogen-bond acceptors (Lipinski definition) is 4. The summed E-state index contributed by atoms with van der Waals surface area (Å²) in [6.07, 6.45) is 2.57. The number of nitrogens with zero attached hydrogens (tertiary/aromatic N) is 1. The molecule has 0 spiro atoms. The van der Waals surface area contributed by atoms with Crippen molar-refractivity contribution in [1.82, 2.24) is 4.90 Å². The molecule has 2 heterocycles. The molecule has 0 radical (unpaired) electrons. The summed E-state index contributed by atoms with van der Waals surface area (Å²) in [7, 11) is 0. The number of benzene rings is 1. The highest BCUT2D eigenvalue weighted by Gasteiger charge is 2.34. The highest BCUT2D eigenvalue weighted by molar-refractivity contribution is 8.26. The van der Waals surface area contributed by atoms with Gasteiger partial charge in [-0.15, -0.1) is 0 Å². The van der Waals surface area contributed by atoms with E-state index in [1.54, 1.807) is 23.1 Å². The van der Waals surface area contributed by atoms with Crippen LogP contribution >= 0.6 is 47.2 Å². The van der Waals surface area contributed by atoms with Crippen LogP contribution in [-0.4, -0.2) is 21.2 Å². The number of rotatable bonds is 4. The van der Waals surface area contributed by atoms with Gasteiger partial charge in [0.2, 0.25) is 0 Å². The van der Waals surface area contributed by atoms with Crippen molar-refractivity contribution in [2.45, 2.75) is 26.3 Å². The Morgan fingerprint density at radius 2 is 2.04 bits per heavy atom. The maximum atomic E-state index is 12.6. The third-order valence-corrected chi connectivity index (χ3v) is 6.03. The lowest BCUT2D eigenvalue weighted by Gasteiger charge is -2.21. The van der Waals surface area contributed by atoms with Crippen LogP contribution in [0, 0.1) is 0 Å². The van der Waals surface area contributed by atoms with Gasteiger partial charge in [0.1, 0.15) is 15.8 Å². The van der Waals surface area contributed by atoms with E-state index in [9.17, 15) is 4.79 Å². The van der Waals surface area contributed by atoms with Crippen molar-refractivity contribution >= 4 is 63.5 Å². The molecule has 0 N–H and O–H groups in total. The van der Waals surface area contributed by atoms with E-state index in [2.05, 4.69) is 0 Å². The monoisotopic (exact) mass is 411 g/mol. The van der Waals surface area contributed by atoms with Gasteiger partial charge >= 0.3 is 0 Å². The van der Waals surface area contributed by atoms with Crippen LogP contribution in [0.25, 0.3) is 17.4 Å². The second kappa shape index (κ2) is 7.54. The molecule has 130 valence electrons. The van der Waals surface area contributed by atoms with Crippen LogP contribution in [0.3, 0.4) is 0 Å². The minimum Gasteiger partial charge on any atom is -0.457 e. The molecule has 2 aromatic rings. The molecular formula is C18H15Cl2NO2S2. The smallest absolute Gasteiger partial charge is 0.266 e. The lowest BCUT2D eigenvalue weighted by molar-refractivity contribution is -0.123. The van der Waals surface area contributed by atoms with E-state index in [1.807, 2.05) is 32.0 Å². The fourth-order valence-corrected chi connectivity index (χ4v) is 4.15. The molecule has 1 aliphatic heterocycles. The van der Waals surface area contributed by atoms with Crippen LogP contribution in [0.1, 0.15) is 26.0 Å². The molecule has 25 heavy (non-hydrogen) atoms. The number of furan rings is 1. The van der Waals surface area contributed by atoms with Gasteiger partial charge in [-0.25, -0.2) is 0 Å². The molecule has 0 unspecified atom stereocenters. The first-order chi connectivity index (χ1) is 11.9. The summed E-state index contributed by atoms with van der Waals surface area (Å²) >= 11 is 18.6. The molecule has 7 heteroatoms. The topological polar surface area (TPSA) is 33.5 Å². The van der Waals surface area contributed by atoms with Crippen LogP contribution < -0.4 is 0 Å².